The molecule has 0 spiro atoms. The fourth-order valence-corrected chi connectivity index (χ4v) is 3.77. The average molecular weight is 344 g/mol. The van der Waals surface area contributed by atoms with Crippen LogP contribution in [0.2, 0.25) is 0 Å². The smallest absolute Gasteiger partial charge is 0.225 e. The number of likely N-dealkylation sites (tertiary alicyclic amines) is 1. The van der Waals surface area contributed by atoms with Gasteiger partial charge in [-0.3, -0.25) is 9.59 Å². The van der Waals surface area contributed by atoms with Crippen molar-refractivity contribution in [3.63, 3.8) is 0 Å². The zero-order valence-corrected chi connectivity index (χ0v) is 14.6. The van der Waals surface area contributed by atoms with Gasteiger partial charge in [-0.1, -0.05) is 12.1 Å². The third kappa shape index (κ3) is 3.70. The van der Waals surface area contributed by atoms with E-state index in [0.29, 0.717) is 24.7 Å². The number of carbonyl (C=O) groups excluding carboxylic acids is 2. The van der Waals surface area contributed by atoms with Crippen molar-refractivity contribution in [3.05, 3.63) is 35.1 Å². The normalized spacial score (nSPS) is 26.4. The predicted molar refractivity (Wildman–Crippen MR) is 92.5 cm³/mol. The standard InChI is InChI=1S/C20H25FN2O2/c1-12-8-14(4-7-18(12)21)15-9-16(19(24)22-17-5-6-17)11-23(10-15)20(25)13-2-3-13/h4,7-8,13,15-17H,2-3,5-6,9-11H2,1H3,(H,22,24)/t15-,16+/m1/s1. The molecule has 2 aliphatic carbocycles. The number of amides is 2. The summed E-state index contributed by atoms with van der Waals surface area (Å²) in [5.74, 6) is 0.111. The molecule has 0 radical (unpaired) electrons. The molecule has 134 valence electrons. The fraction of sp³-hybridized carbons (Fsp3) is 0.600. The van der Waals surface area contributed by atoms with Gasteiger partial charge in [-0.05, 0) is 56.2 Å². The minimum atomic E-state index is -0.214. The molecule has 1 saturated heterocycles. The first-order valence-corrected chi connectivity index (χ1v) is 9.36. The second-order valence-corrected chi connectivity index (χ2v) is 7.94. The first kappa shape index (κ1) is 16.6. The minimum absolute atomic E-state index is 0.0691. The van der Waals surface area contributed by atoms with Gasteiger partial charge in [0.2, 0.25) is 11.8 Å². The Morgan fingerprint density at radius 1 is 1.12 bits per heavy atom. The van der Waals surface area contributed by atoms with Gasteiger partial charge in [0.1, 0.15) is 5.82 Å². The highest BCUT2D eigenvalue weighted by Gasteiger charge is 2.40. The molecule has 4 rings (SSSR count). The van der Waals surface area contributed by atoms with E-state index in [2.05, 4.69) is 5.32 Å². The second kappa shape index (κ2) is 6.43. The second-order valence-electron chi connectivity index (χ2n) is 7.94. The Labute approximate surface area is 147 Å². The molecule has 25 heavy (non-hydrogen) atoms. The molecule has 1 heterocycles. The number of hydrogen-bond donors (Lipinski definition) is 1. The molecular weight excluding hydrogens is 319 g/mol. The molecule has 1 aromatic carbocycles. The van der Waals surface area contributed by atoms with Gasteiger partial charge < -0.3 is 10.2 Å². The van der Waals surface area contributed by atoms with Crippen molar-refractivity contribution >= 4 is 11.8 Å². The Kier molecular flexibility index (Phi) is 4.26. The molecule has 2 amide bonds. The van der Waals surface area contributed by atoms with Crippen molar-refractivity contribution in [1.82, 2.24) is 10.2 Å². The largest absolute Gasteiger partial charge is 0.353 e. The molecule has 2 atom stereocenters. The van der Waals surface area contributed by atoms with E-state index < -0.39 is 0 Å². The van der Waals surface area contributed by atoms with Crippen LogP contribution in [0.5, 0.6) is 0 Å². The first-order valence-electron chi connectivity index (χ1n) is 9.36. The monoisotopic (exact) mass is 344 g/mol. The summed E-state index contributed by atoms with van der Waals surface area (Å²) >= 11 is 0. The van der Waals surface area contributed by atoms with Gasteiger partial charge in [0.05, 0.1) is 5.92 Å². The zero-order chi connectivity index (χ0) is 17.6. The highest BCUT2D eigenvalue weighted by atomic mass is 19.1. The van der Waals surface area contributed by atoms with Gasteiger partial charge in [-0.15, -0.1) is 0 Å². The molecule has 1 N–H and O–H groups in total. The topological polar surface area (TPSA) is 49.4 Å². The number of halogens is 1. The molecule has 1 aromatic rings. The summed E-state index contributed by atoms with van der Waals surface area (Å²) in [6.45, 7) is 2.91. The Hall–Kier alpha value is -1.91. The third-order valence-electron chi connectivity index (χ3n) is 5.64. The van der Waals surface area contributed by atoms with Crippen LogP contribution < -0.4 is 5.32 Å². The number of aryl methyl sites for hydroxylation is 1. The van der Waals surface area contributed by atoms with Crippen LogP contribution in [0.4, 0.5) is 4.39 Å². The van der Waals surface area contributed by atoms with E-state index in [0.717, 1.165) is 37.7 Å². The van der Waals surface area contributed by atoms with Crippen LogP contribution >= 0.6 is 0 Å². The molecule has 4 nitrogen and oxygen atoms in total. The number of nitrogens with zero attached hydrogens (tertiary/aromatic N) is 1. The highest BCUT2D eigenvalue weighted by Crippen LogP contribution is 2.36. The van der Waals surface area contributed by atoms with Crippen molar-refractivity contribution in [2.75, 3.05) is 13.1 Å². The summed E-state index contributed by atoms with van der Waals surface area (Å²) in [7, 11) is 0. The van der Waals surface area contributed by atoms with E-state index in [-0.39, 0.29) is 35.4 Å². The van der Waals surface area contributed by atoms with Crippen LogP contribution in [0.3, 0.4) is 0 Å². The fourth-order valence-electron chi connectivity index (χ4n) is 3.77. The molecule has 2 saturated carbocycles. The summed E-state index contributed by atoms with van der Waals surface area (Å²) in [5, 5.41) is 3.08. The van der Waals surface area contributed by atoms with Crippen molar-refractivity contribution in [1.29, 1.82) is 0 Å². The maximum absolute atomic E-state index is 13.6. The molecule has 5 heteroatoms. The van der Waals surface area contributed by atoms with E-state index in [1.807, 2.05) is 11.0 Å². The molecule has 0 unspecified atom stereocenters. The molecule has 1 aliphatic heterocycles. The first-order chi connectivity index (χ1) is 12.0. The van der Waals surface area contributed by atoms with E-state index in [1.165, 1.54) is 6.07 Å². The SMILES string of the molecule is Cc1cc([C@@H]2C[C@H](C(=O)NC3CC3)CN(C(=O)C3CC3)C2)ccc1F. The molecule has 0 aromatic heterocycles. The number of carbonyl (C=O) groups is 2. The van der Waals surface area contributed by atoms with E-state index in [1.54, 1.807) is 13.0 Å². The van der Waals surface area contributed by atoms with Gasteiger partial charge in [0, 0.05) is 31.0 Å². The lowest BCUT2D eigenvalue weighted by atomic mass is 9.83. The van der Waals surface area contributed by atoms with Gasteiger partial charge in [-0.25, -0.2) is 4.39 Å². The highest BCUT2D eigenvalue weighted by molar-refractivity contribution is 5.84. The number of nitrogens with one attached hydrogen (secondary N) is 1. The summed E-state index contributed by atoms with van der Waals surface area (Å²) in [4.78, 5) is 27.1. The van der Waals surface area contributed by atoms with Gasteiger partial charge in [0.25, 0.3) is 0 Å². The lowest BCUT2D eigenvalue weighted by Crippen LogP contribution is -2.48. The van der Waals surface area contributed by atoms with Crippen LogP contribution in [0, 0.1) is 24.6 Å². The summed E-state index contributed by atoms with van der Waals surface area (Å²) in [6, 6.07) is 5.48. The number of piperidine rings is 1. The lowest BCUT2D eigenvalue weighted by molar-refractivity contribution is -0.137. The molecule has 0 bridgehead atoms. The van der Waals surface area contributed by atoms with Gasteiger partial charge in [-0.2, -0.15) is 0 Å². The molecule has 3 aliphatic rings. The Morgan fingerprint density at radius 3 is 2.52 bits per heavy atom. The van der Waals surface area contributed by atoms with Crippen LogP contribution in [0.1, 0.15) is 49.1 Å². The van der Waals surface area contributed by atoms with Crippen LogP contribution in [-0.2, 0) is 9.59 Å². The maximum atomic E-state index is 13.6. The Morgan fingerprint density at radius 2 is 1.88 bits per heavy atom. The molecular formula is C20H25FN2O2. The van der Waals surface area contributed by atoms with Crippen molar-refractivity contribution in [2.24, 2.45) is 11.8 Å². The Balaban J connectivity index is 1.54. The van der Waals surface area contributed by atoms with Gasteiger partial charge in [0.15, 0.2) is 0 Å². The van der Waals surface area contributed by atoms with Gasteiger partial charge >= 0.3 is 0 Å². The van der Waals surface area contributed by atoms with Crippen molar-refractivity contribution in [3.8, 4) is 0 Å². The predicted octanol–water partition coefficient (Wildman–Crippen LogP) is 2.75. The number of benzene rings is 1. The van der Waals surface area contributed by atoms with E-state index in [9.17, 15) is 14.0 Å². The number of hydrogen-bond acceptors (Lipinski definition) is 2. The summed E-state index contributed by atoms with van der Waals surface area (Å²) in [5.41, 5.74) is 1.64. The average Bonchev–Trinajstić information content (AvgIpc) is 3.50. The maximum Gasteiger partial charge on any atom is 0.225 e. The Bertz CT molecular complexity index is 697. The quantitative estimate of drug-likeness (QED) is 0.913. The summed E-state index contributed by atoms with van der Waals surface area (Å²) in [6.07, 6.45) is 4.77. The van der Waals surface area contributed by atoms with E-state index >= 15 is 0 Å². The number of rotatable bonds is 4. The molecule has 3 fully saturated rings. The third-order valence-corrected chi connectivity index (χ3v) is 5.64. The summed E-state index contributed by atoms with van der Waals surface area (Å²) < 4.78 is 13.6. The van der Waals surface area contributed by atoms with Crippen LogP contribution in [0.25, 0.3) is 0 Å². The van der Waals surface area contributed by atoms with Crippen LogP contribution in [-0.4, -0.2) is 35.8 Å². The van der Waals surface area contributed by atoms with Crippen LogP contribution in [0.15, 0.2) is 18.2 Å². The minimum Gasteiger partial charge on any atom is -0.353 e. The van der Waals surface area contributed by atoms with E-state index in [4.69, 9.17) is 0 Å². The zero-order valence-electron chi connectivity index (χ0n) is 14.6. The van der Waals surface area contributed by atoms with Crippen molar-refractivity contribution < 1.29 is 14.0 Å². The van der Waals surface area contributed by atoms with Crippen molar-refractivity contribution in [2.45, 2.75) is 51.0 Å². The lowest BCUT2D eigenvalue weighted by Gasteiger charge is -2.37.